The van der Waals surface area contributed by atoms with Gasteiger partial charge in [-0.3, -0.25) is 9.48 Å². The Kier molecular flexibility index (Phi) is 3.76. The fourth-order valence-corrected chi connectivity index (χ4v) is 2.41. The average Bonchev–Trinajstić information content (AvgIpc) is 2.94. The normalized spacial score (nSPS) is 10.9. The van der Waals surface area contributed by atoms with Crippen LogP contribution in [0.1, 0.15) is 41.0 Å². The van der Waals surface area contributed by atoms with E-state index in [4.69, 9.17) is 0 Å². The van der Waals surface area contributed by atoms with Crippen LogP contribution in [0.2, 0.25) is 0 Å². The van der Waals surface area contributed by atoms with Crippen LogP contribution in [0, 0.1) is 0 Å². The standard InChI is InChI=1S/C12H16N4OS/c1-8(2)9-7-18-11(15-9)6-13-12(17)10-4-5-14-16(10)3/h4-5,7-8H,6H2,1-3H3,(H,13,17). The molecule has 0 aliphatic carbocycles. The molecule has 96 valence electrons. The number of rotatable bonds is 4. The summed E-state index contributed by atoms with van der Waals surface area (Å²) in [5.41, 5.74) is 1.63. The molecule has 0 radical (unpaired) electrons. The monoisotopic (exact) mass is 264 g/mol. The van der Waals surface area contributed by atoms with E-state index in [0.717, 1.165) is 10.7 Å². The van der Waals surface area contributed by atoms with Crippen molar-refractivity contribution >= 4 is 17.2 Å². The molecule has 0 aromatic carbocycles. The lowest BCUT2D eigenvalue weighted by atomic mass is 10.2. The second-order valence-corrected chi connectivity index (χ2v) is 5.29. The summed E-state index contributed by atoms with van der Waals surface area (Å²) in [6.07, 6.45) is 1.61. The largest absolute Gasteiger partial charge is 0.344 e. The van der Waals surface area contributed by atoms with Gasteiger partial charge in [0.15, 0.2) is 0 Å². The topological polar surface area (TPSA) is 59.8 Å². The van der Waals surface area contributed by atoms with E-state index < -0.39 is 0 Å². The minimum atomic E-state index is -0.128. The van der Waals surface area contributed by atoms with Gasteiger partial charge in [0.2, 0.25) is 0 Å². The Morgan fingerprint density at radius 2 is 2.33 bits per heavy atom. The van der Waals surface area contributed by atoms with Gasteiger partial charge in [-0.05, 0) is 12.0 Å². The first-order valence-corrected chi connectivity index (χ1v) is 6.66. The fraction of sp³-hybridized carbons (Fsp3) is 0.417. The zero-order valence-corrected chi connectivity index (χ0v) is 11.5. The summed E-state index contributed by atoms with van der Waals surface area (Å²) in [7, 11) is 1.75. The number of hydrogen-bond donors (Lipinski definition) is 1. The summed E-state index contributed by atoms with van der Waals surface area (Å²) >= 11 is 1.57. The molecule has 0 bridgehead atoms. The molecule has 2 heterocycles. The van der Waals surface area contributed by atoms with Crippen molar-refractivity contribution in [3.63, 3.8) is 0 Å². The molecular formula is C12H16N4OS. The SMILES string of the molecule is CC(C)c1csc(CNC(=O)c2ccnn2C)n1. The van der Waals surface area contributed by atoms with Gasteiger partial charge in [0.1, 0.15) is 10.7 Å². The third-order valence-corrected chi connectivity index (χ3v) is 3.48. The first kappa shape index (κ1) is 12.8. The lowest BCUT2D eigenvalue weighted by molar-refractivity contribution is 0.0941. The average molecular weight is 264 g/mol. The van der Waals surface area contributed by atoms with Gasteiger partial charge < -0.3 is 5.32 Å². The maximum atomic E-state index is 11.8. The van der Waals surface area contributed by atoms with Crippen LogP contribution in [-0.2, 0) is 13.6 Å². The molecule has 1 amide bonds. The third-order valence-electron chi connectivity index (χ3n) is 2.61. The minimum absolute atomic E-state index is 0.128. The van der Waals surface area contributed by atoms with Crippen LogP contribution in [0.4, 0.5) is 0 Å². The second kappa shape index (κ2) is 5.30. The quantitative estimate of drug-likeness (QED) is 0.918. The van der Waals surface area contributed by atoms with Crippen LogP contribution in [0.5, 0.6) is 0 Å². The molecule has 18 heavy (non-hydrogen) atoms. The van der Waals surface area contributed by atoms with Crippen molar-refractivity contribution in [2.24, 2.45) is 7.05 Å². The van der Waals surface area contributed by atoms with E-state index in [1.54, 1.807) is 35.3 Å². The molecule has 1 N–H and O–H groups in total. The highest BCUT2D eigenvalue weighted by atomic mass is 32.1. The number of nitrogens with zero attached hydrogens (tertiary/aromatic N) is 3. The Balaban J connectivity index is 1.95. The molecule has 2 rings (SSSR count). The predicted octanol–water partition coefficient (Wildman–Crippen LogP) is 1.93. The van der Waals surface area contributed by atoms with Gasteiger partial charge in [-0.1, -0.05) is 13.8 Å². The summed E-state index contributed by atoms with van der Waals surface area (Å²) < 4.78 is 1.55. The number of nitrogens with one attached hydrogen (secondary N) is 1. The van der Waals surface area contributed by atoms with Crippen molar-refractivity contribution in [2.75, 3.05) is 0 Å². The molecule has 0 saturated heterocycles. The van der Waals surface area contributed by atoms with Crippen molar-refractivity contribution in [1.82, 2.24) is 20.1 Å². The maximum Gasteiger partial charge on any atom is 0.269 e. The number of carbonyl (C=O) groups is 1. The van der Waals surface area contributed by atoms with Crippen LogP contribution in [-0.4, -0.2) is 20.7 Å². The number of thiazole rings is 1. The van der Waals surface area contributed by atoms with E-state index in [2.05, 4.69) is 29.2 Å². The Morgan fingerprint density at radius 1 is 1.56 bits per heavy atom. The molecule has 2 aromatic heterocycles. The van der Waals surface area contributed by atoms with Crippen molar-refractivity contribution in [3.8, 4) is 0 Å². The van der Waals surface area contributed by atoms with Crippen molar-refractivity contribution in [2.45, 2.75) is 26.3 Å². The molecule has 0 aliphatic rings. The lowest BCUT2D eigenvalue weighted by Crippen LogP contribution is -2.25. The number of aromatic nitrogens is 3. The van der Waals surface area contributed by atoms with E-state index in [1.807, 2.05) is 5.38 Å². The Bertz CT molecular complexity index is 544. The van der Waals surface area contributed by atoms with Gasteiger partial charge in [-0.25, -0.2) is 4.98 Å². The van der Waals surface area contributed by atoms with Gasteiger partial charge in [0.05, 0.1) is 12.2 Å². The second-order valence-electron chi connectivity index (χ2n) is 4.34. The third kappa shape index (κ3) is 2.76. The summed E-state index contributed by atoms with van der Waals surface area (Å²) in [6.45, 7) is 4.67. The molecule has 2 aromatic rings. The predicted molar refractivity (Wildman–Crippen MR) is 70.6 cm³/mol. The van der Waals surface area contributed by atoms with Gasteiger partial charge in [0.25, 0.3) is 5.91 Å². The Hall–Kier alpha value is -1.69. The lowest BCUT2D eigenvalue weighted by Gasteiger charge is -2.03. The summed E-state index contributed by atoms with van der Waals surface area (Å²) in [6, 6.07) is 1.69. The van der Waals surface area contributed by atoms with Crippen LogP contribution < -0.4 is 5.32 Å². The zero-order valence-electron chi connectivity index (χ0n) is 10.7. The summed E-state index contributed by atoms with van der Waals surface area (Å²) in [4.78, 5) is 16.3. The first-order valence-electron chi connectivity index (χ1n) is 5.78. The molecule has 6 heteroatoms. The van der Waals surface area contributed by atoms with Crippen molar-refractivity contribution < 1.29 is 4.79 Å². The van der Waals surface area contributed by atoms with Gasteiger partial charge in [-0.15, -0.1) is 11.3 Å². The van der Waals surface area contributed by atoms with E-state index in [0.29, 0.717) is 18.2 Å². The first-order chi connectivity index (χ1) is 8.58. The van der Waals surface area contributed by atoms with Gasteiger partial charge >= 0.3 is 0 Å². The maximum absolute atomic E-state index is 11.8. The number of hydrogen-bond acceptors (Lipinski definition) is 4. The molecule has 0 unspecified atom stereocenters. The van der Waals surface area contributed by atoms with Crippen LogP contribution in [0.25, 0.3) is 0 Å². The highest BCUT2D eigenvalue weighted by Gasteiger charge is 2.11. The van der Waals surface area contributed by atoms with E-state index >= 15 is 0 Å². The molecular weight excluding hydrogens is 248 g/mol. The van der Waals surface area contributed by atoms with E-state index in [9.17, 15) is 4.79 Å². The van der Waals surface area contributed by atoms with E-state index in [-0.39, 0.29) is 5.91 Å². The molecule has 0 saturated carbocycles. The smallest absolute Gasteiger partial charge is 0.269 e. The van der Waals surface area contributed by atoms with Gasteiger partial charge in [0, 0.05) is 18.6 Å². The number of amides is 1. The number of carbonyl (C=O) groups excluding carboxylic acids is 1. The zero-order chi connectivity index (χ0) is 13.1. The molecule has 0 aliphatic heterocycles. The molecule has 5 nitrogen and oxygen atoms in total. The van der Waals surface area contributed by atoms with Crippen molar-refractivity contribution in [3.05, 3.63) is 34.0 Å². The highest BCUT2D eigenvalue weighted by Crippen LogP contribution is 2.17. The van der Waals surface area contributed by atoms with E-state index in [1.165, 1.54) is 0 Å². The van der Waals surface area contributed by atoms with Gasteiger partial charge in [-0.2, -0.15) is 5.10 Å². The van der Waals surface area contributed by atoms with Crippen LogP contribution in [0.15, 0.2) is 17.6 Å². The Labute approximate surface area is 110 Å². The van der Waals surface area contributed by atoms with Crippen molar-refractivity contribution in [1.29, 1.82) is 0 Å². The van der Waals surface area contributed by atoms with Crippen LogP contribution >= 0.6 is 11.3 Å². The molecule has 0 atom stereocenters. The van der Waals surface area contributed by atoms with Crippen LogP contribution in [0.3, 0.4) is 0 Å². The molecule has 0 spiro atoms. The number of aryl methyl sites for hydroxylation is 1. The minimum Gasteiger partial charge on any atom is -0.344 e. The molecule has 0 fully saturated rings. The summed E-state index contributed by atoms with van der Waals surface area (Å²) in [5, 5.41) is 9.77. The fourth-order valence-electron chi connectivity index (χ4n) is 1.51. The highest BCUT2D eigenvalue weighted by molar-refractivity contribution is 7.09. The Morgan fingerprint density at radius 3 is 2.89 bits per heavy atom. The summed E-state index contributed by atoms with van der Waals surface area (Å²) in [5.74, 6) is 0.291.